The van der Waals surface area contributed by atoms with Crippen molar-refractivity contribution in [1.82, 2.24) is 0 Å². The summed E-state index contributed by atoms with van der Waals surface area (Å²) in [4.78, 5) is 37.5. The molecule has 10 heteroatoms. The first kappa shape index (κ1) is 53.5. The number of allylic oxidation sites excluding steroid dienone is 12. The third kappa shape index (κ3) is 41.1. The fourth-order valence-corrected chi connectivity index (χ4v) is 6.11. The van der Waals surface area contributed by atoms with Crippen LogP contribution in [-0.4, -0.2) is 70.0 Å². The smallest absolute Gasteiger partial charge is 0.306 e. The first-order valence-electron chi connectivity index (χ1n) is 21.6. The molecule has 0 aliphatic carbocycles. The minimum Gasteiger partial charge on any atom is -0.756 e. The Morgan fingerprint density at radius 2 is 1.02 bits per heavy atom. The number of ether oxygens (including phenoxy) is 2. The lowest BCUT2D eigenvalue weighted by atomic mass is 10.0. The van der Waals surface area contributed by atoms with Gasteiger partial charge in [0.2, 0.25) is 0 Å². The van der Waals surface area contributed by atoms with Crippen LogP contribution in [0.25, 0.3) is 0 Å². The van der Waals surface area contributed by atoms with Crippen molar-refractivity contribution in [3.8, 4) is 0 Å². The monoisotopic (exact) mass is 806 g/mol. The molecule has 9 nitrogen and oxygen atoms in total. The molecule has 0 aliphatic heterocycles. The average molecular weight is 806 g/mol. The second kappa shape index (κ2) is 38.0. The summed E-state index contributed by atoms with van der Waals surface area (Å²) in [6.07, 6.45) is 46.6. The van der Waals surface area contributed by atoms with Gasteiger partial charge in [-0.1, -0.05) is 164 Å². The molecule has 0 heterocycles. The van der Waals surface area contributed by atoms with Gasteiger partial charge in [0, 0.05) is 12.8 Å². The Hall–Kier alpha value is -2.55. The van der Waals surface area contributed by atoms with Gasteiger partial charge < -0.3 is 27.9 Å². The highest BCUT2D eigenvalue weighted by Crippen LogP contribution is 2.38. The molecule has 0 saturated carbocycles. The van der Waals surface area contributed by atoms with E-state index in [1.54, 1.807) is 0 Å². The van der Waals surface area contributed by atoms with Gasteiger partial charge in [-0.05, 0) is 51.4 Å². The lowest BCUT2D eigenvalue weighted by molar-refractivity contribution is -0.870. The largest absolute Gasteiger partial charge is 0.756 e. The SMILES string of the molecule is CC/C=C/C/C=C/C/C=C/C/C=C/C/C=C/C/C=C/CCC(=O)O[C@H](COC(=O)CCCCCCCCCCCCCCC)COP(=O)([O-])OCC[N+](C)(C)C. The first-order valence-corrected chi connectivity index (χ1v) is 23.1. The Balaban J connectivity index is 4.51. The van der Waals surface area contributed by atoms with Gasteiger partial charge in [-0.3, -0.25) is 14.2 Å². The van der Waals surface area contributed by atoms with Crippen LogP contribution >= 0.6 is 7.82 Å². The quantitative estimate of drug-likeness (QED) is 0.0199. The third-order valence-corrected chi connectivity index (χ3v) is 9.72. The van der Waals surface area contributed by atoms with Gasteiger partial charge in [-0.25, -0.2) is 0 Å². The zero-order valence-corrected chi connectivity index (χ0v) is 36.9. The second-order valence-corrected chi connectivity index (χ2v) is 16.7. The summed E-state index contributed by atoms with van der Waals surface area (Å²) in [5, 5.41) is 0. The molecule has 0 aromatic rings. The standard InChI is InChI=1S/C46H80NO8P/c1-6-8-10-12-14-16-18-20-21-22-23-24-25-27-29-31-33-35-37-39-46(49)55-44(43-54-56(50,51)53-41-40-47(3,4)5)42-52-45(48)38-36-34-32-30-28-26-19-17-15-13-11-9-7-2/h8,10,14,16,20-21,23-24,27,29,33,35,44H,6-7,9,11-13,15,17-19,22,25-26,28,30-32,34,36-43H2,1-5H3/b10-8+,16-14+,21-20+,24-23+,29-27+,35-33+/t44-/m1/s1. The van der Waals surface area contributed by atoms with Crippen LogP contribution in [0.1, 0.15) is 155 Å². The minimum atomic E-state index is -4.65. The van der Waals surface area contributed by atoms with E-state index in [-0.39, 0.29) is 26.1 Å². The predicted octanol–water partition coefficient (Wildman–Crippen LogP) is 11.6. The number of hydrogen-bond acceptors (Lipinski definition) is 8. The number of nitrogens with zero attached hydrogens (tertiary/aromatic N) is 1. The maximum Gasteiger partial charge on any atom is 0.306 e. The van der Waals surface area contributed by atoms with Crippen molar-refractivity contribution < 1.29 is 42.1 Å². The van der Waals surface area contributed by atoms with Gasteiger partial charge in [0.05, 0.1) is 27.7 Å². The number of rotatable bonds is 38. The summed E-state index contributed by atoms with van der Waals surface area (Å²) in [5.41, 5.74) is 0. The van der Waals surface area contributed by atoms with Crippen LogP contribution in [0.4, 0.5) is 0 Å². The van der Waals surface area contributed by atoms with Gasteiger partial charge in [0.15, 0.2) is 6.10 Å². The minimum absolute atomic E-state index is 0.0468. The number of likely N-dealkylation sites (N-methyl/N-ethyl adjacent to an activating group) is 1. The number of carbonyl (C=O) groups is 2. The van der Waals surface area contributed by atoms with Gasteiger partial charge in [0.1, 0.15) is 19.8 Å². The zero-order valence-electron chi connectivity index (χ0n) is 36.1. The van der Waals surface area contributed by atoms with Crippen LogP contribution in [0.3, 0.4) is 0 Å². The third-order valence-electron chi connectivity index (χ3n) is 8.75. The number of phosphoric ester groups is 1. The zero-order chi connectivity index (χ0) is 41.4. The van der Waals surface area contributed by atoms with Crippen LogP contribution in [0.5, 0.6) is 0 Å². The summed E-state index contributed by atoms with van der Waals surface area (Å²) < 4.78 is 33.8. The molecule has 0 saturated heterocycles. The van der Waals surface area contributed by atoms with Crippen molar-refractivity contribution in [1.29, 1.82) is 0 Å². The van der Waals surface area contributed by atoms with E-state index in [1.165, 1.54) is 64.2 Å². The number of esters is 2. The lowest BCUT2D eigenvalue weighted by Gasteiger charge is -2.28. The molecular weight excluding hydrogens is 725 g/mol. The molecule has 0 bridgehead atoms. The highest BCUT2D eigenvalue weighted by atomic mass is 31.2. The molecule has 0 rings (SSSR count). The van der Waals surface area contributed by atoms with Crippen molar-refractivity contribution in [2.75, 3.05) is 47.5 Å². The Morgan fingerprint density at radius 1 is 0.571 bits per heavy atom. The highest BCUT2D eigenvalue weighted by molar-refractivity contribution is 7.45. The van der Waals surface area contributed by atoms with Crippen molar-refractivity contribution in [2.24, 2.45) is 0 Å². The molecule has 2 atom stereocenters. The Labute approximate surface area is 342 Å². The van der Waals surface area contributed by atoms with Gasteiger partial charge in [0.25, 0.3) is 7.82 Å². The number of hydrogen-bond donors (Lipinski definition) is 0. The van der Waals surface area contributed by atoms with E-state index >= 15 is 0 Å². The van der Waals surface area contributed by atoms with E-state index in [0.717, 1.165) is 57.8 Å². The highest BCUT2D eigenvalue weighted by Gasteiger charge is 2.21. The van der Waals surface area contributed by atoms with Crippen LogP contribution in [0, 0.1) is 0 Å². The molecule has 1 unspecified atom stereocenters. The van der Waals surface area contributed by atoms with Crippen LogP contribution in [0.15, 0.2) is 72.9 Å². The number of carbonyl (C=O) groups excluding carboxylic acids is 2. The molecule has 0 amide bonds. The summed E-state index contributed by atoms with van der Waals surface area (Å²) >= 11 is 0. The van der Waals surface area contributed by atoms with E-state index in [2.05, 4.69) is 74.6 Å². The second-order valence-electron chi connectivity index (χ2n) is 15.3. The molecule has 0 fully saturated rings. The van der Waals surface area contributed by atoms with Crippen LogP contribution in [0.2, 0.25) is 0 Å². The van der Waals surface area contributed by atoms with E-state index in [9.17, 15) is 19.0 Å². The average Bonchev–Trinajstić information content (AvgIpc) is 3.15. The Morgan fingerprint density at radius 3 is 1.48 bits per heavy atom. The Kier molecular flexibility index (Phi) is 36.3. The molecule has 0 N–H and O–H groups in total. The van der Waals surface area contributed by atoms with Crippen molar-refractivity contribution >= 4 is 19.8 Å². The van der Waals surface area contributed by atoms with E-state index in [0.29, 0.717) is 17.4 Å². The van der Waals surface area contributed by atoms with Gasteiger partial charge >= 0.3 is 11.9 Å². The van der Waals surface area contributed by atoms with E-state index < -0.39 is 32.5 Å². The topological polar surface area (TPSA) is 111 Å². The maximum atomic E-state index is 12.6. The van der Waals surface area contributed by atoms with E-state index in [1.807, 2.05) is 33.3 Å². The number of phosphoric acid groups is 1. The molecule has 0 aromatic heterocycles. The summed E-state index contributed by atoms with van der Waals surface area (Å²) in [6.45, 7) is 4.01. The number of unbranched alkanes of at least 4 members (excludes halogenated alkanes) is 12. The fraction of sp³-hybridized carbons (Fsp3) is 0.696. The predicted molar refractivity (Wildman–Crippen MR) is 231 cm³/mol. The maximum absolute atomic E-state index is 12.6. The van der Waals surface area contributed by atoms with Crippen LogP contribution < -0.4 is 4.89 Å². The van der Waals surface area contributed by atoms with Gasteiger partial charge in [-0.15, -0.1) is 0 Å². The fourth-order valence-electron chi connectivity index (χ4n) is 5.39. The summed E-state index contributed by atoms with van der Waals surface area (Å²) in [5.74, 6) is -0.936. The lowest BCUT2D eigenvalue weighted by Crippen LogP contribution is -2.37. The molecule has 322 valence electrons. The molecule has 0 spiro atoms. The summed E-state index contributed by atoms with van der Waals surface area (Å²) in [7, 11) is 1.11. The van der Waals surface area contributed by atoms with Crippen molar-refractivity contribution in [3.05, 3.63) is 72.9 Å². The van der Waals surface area contributed by atoms with E-state index in [4.69, 9.17) is 18.5 Å². The molecule has 0 radical (unpaired) electrons. The molecular formula is C46H80NO8P. The first-order chi connectivity index (χ1) is 27.0. The van der Waals surface area contributed by atoms with Crippen molar-refractivity contribution in [3.63, 3.8) is 0 Å². The summed E-state index contributed by atoms with van der Waals surface area (Å²) in [6, 6.07) is 0. The van der Waals surface area contributed by atoms with Gasteiger partial charge in [-0.2, -0.15) is 0 Å². The normalized spacial score (nSPS) is 14.3. The molecule has 0 aliphatic rings. The van der Waals surface area contributed by atoms with Crippen molar-refractivity contribution in [2.45, 2.75) is 161 Å². The van der Waals surface area contributed by atoms with Crippen LogP contribution in [-0.2, 0) is 32.7 Å². The number of quaternary nitrogens is 1. The Bertz CT molecular complexity index is 1180. The molecule has 56 heavy (non-hydrogen) atoms. The molecule has 0 aromatic carbocycles.